The Balaban J connectivity index is 2.15. The van der Waals surface area contributed by atoms with E-state index in [-0.39, 0.29) is 12.1 Å². The lowest BCUT2D eigenvalue weighted by atomic mass is 10.2. The van der Waals surface area contributed by atoms with Gasteiger partial charge >= 0.3 is 6.03 Å². The topological polar surface area (TPSA) is 41.1 Å². The molecule has 1 aliphatic rings. The molecule has 1 aromatic heterocycles. The van der Waals surface area contributed by atoms with Crippen LogP contribution in [0.5, 0.6) is 0 Å². The van der Waals surface area contributed by atoms with Gasteiger partial charge in [0, 0.05) is 21.3 Å². The van der Waals surface area contributed by atoms with Gasteiger partial charge in [-0.15, -0.1) is 11.3 Å². The molecule has 2 N–H and O–H groups in total. The maximum Gasteiger partial charge on any atom is 0.315 e. The zero-order valence-corrected chi connectivity index (χ0v) is 8.54. The molecule has 1 saturated heterocycles. The monoisotopic (exact) mass is 246 g/mol. The van der Waals surface area contributed by atoms with Crippen LogP contribution < -0.4 is 10.6 Å². The Morgan fingerprint density at radius 3 is 3.00 bits per heavy atom. The molecule has 12 heavy (non-hydrogen) atoms. The van der Waals surface area contributed by atoms with Crippen molar-refractivity contribution >= 4 is 33.3 Å². The van der Waals surface area contributed by atoms with Gasteiger partial charge in [-0.2, -0.15) is 0 Å². The van der Waals surface area contributed by atoms with E-state index in [1.165, 1.54) is 4.88 Å². The lowest BCUT2D eigenvalue weighted by Gasteiger charge is -2.03. The van der Waals surface area contributed by atoms with Gasteiger partial charge in [0.25, 0.3) is 0 Å². The van der Waals surface area contributed by atoms with Crippen molar-refractivity contribution in [2.24, 2.45) is 0 Å². The van der Waals surface area contributed by atoms with Crippen molar-refractivity contribution in [3.05, 3.63) is 20.8 Å². The summed E-state index contributed by atoms with van der Waals surface area (Å²) in [5.41, 5.74) is 0. The predicted molar refractivity (Wildman–Crippen MR) is 51.3 cm³/mol. The predicted octanol–water partition coefficient (Wildman–Crippen LogP) is 1.86. The Hall–Kier alpha value is -0.550. The van der Waals surface area contributed by atoms with Crippen molar-refractivity contribution in [2.75, 3.05) is 6.54 Å². The molecule has 0 aliphatic carbocycles. The van der Waals surface area contributed by atoms with Crippen molar-refractivity contribution < 1.29 is 4.79 Å². The van der Waals surface area contributed by atoms with Crippen LogP contribution >= 0.6 is 27.3 Å². The smallest absolute Gasteiger partial charge is 0.315 e. The highest BCUT2D eigenvalue weighted by atomic mass is 79.9. The molecule has 1 aliphatic heterocycles. The number of urea groups is 1. The summed E-state index contributed by atoms with van der Waals surface area (Å²) in [6.07, 6.45) is 0. The van der Waals surface area contributed by atoms with Crippen LogP contribution in [0.25, 0.3) is 0 Å². The van der Waals surface area contributed by atoms with Crippen LogP contribution in [-0.2, 0) is 0 Å². The van der Waals surface area contributed by atoms with Gasteiger partial charge in [0.1, 0.15) is 0 Å². The van der Waals surface area contributed by atoms with E-state index in [1.807, 2.05) is 11.4 Å². The van der Waals surface area contributed by atoms with E-state index in [4.69, 9.17) is 0 Å². The number of nitrogens with one attached hydrogen (secondary N) is 2. The molecule has 0 radical (unpaired) electrons. The molecule has 1 aromatic rings. The Morgan fingerprint density at radius 2 is 2.50 bits per heavy atom. The zero-order chi connectivity index (χ0) is 8.55. The third kappa shape index (κ3) is 1.47. The molecular weight excluding hydrogens is 240 g/mol. The molecule has 0 spiro atoms. The molecule has 2 amide bonds. The average molecular weight is 247 g/mol. The maximum atomic E-state index is 10.8. The van der Waals surface area contributed by atoms with Crippen LogP contribution in [0.3, 0.4) is 0 Å². The third-order valence-corrected chi connectivity index (χ3v) is 3.51. The van der Waals surface area contributed by atoms with Crippen LogP contribution in [0.4, 0.5) is 4.79 Å². The van der Waals surface area contributed by atoms with E-state index < -0.39 is 0 Å². The first kappa shape index (κ1) is 8.07. The van der Waals surface area contributed by atoms with E-state index >= 15 is 0 Å². The van der Waals surface area contributed by atoms with E-state index in [0.717, 1.165) is 4.47 Å². The summed E-state index contributed by atoms with van der Waals surface area (Å²) in [5.74, 6) is 0. The molecule has 0 bridgehead atoms. The lowest BCUT2D eigenvalue weighted by Crippen LogP contribution is -2.21. The van der Waals surface area contributed by atoms with E-state index in [2.05, 4.69) is 26.6 Å². The molecule has 2 heterocycles. The molecular formula is C7H7BrN2OS. The van der Waals surface area contributed by atoms with Gasteiger partial charge in [0.2, 0.25) is 0 Å². The number of hydrogen-bond donors (Lipinski definition) is 2. The summed E-state index contributed by atoms with van der Waals surface area (Å²) in [6.45, 7) is 0.686. The molecule has 1 atom stereocenters. The standard InChI is InChI=1S/C7H7BrN2OS/c8-4-1-6(12-3-4)5-2-9-7(11)10-5/h1,3,5H,2H2,(H2,9,10,11)/t5-/m1/s1. The van der Waals surface area contributed by atoms with Gasteiger partial charge in [-0.05, 0) is 22.0 Å². The highest BCUT2D eigenvalue weighted by Crippen LogP contribution is 2.26. The number of rotatable bonds is 1. The van der Waals surface area contributed by atoms with Gasteiger partial charge in [-0.25, -0.2) is 4.79 Å². The molecule has 3 nitrogen and oxygen atoms in total. The van der Waals surface area contributed by atoms with Crippen LogP contribution in [0.15, 0.2) is 15.9 Å². The van der Waals surface area contributed by atoms with E-state index in [9.17, 15) is 4.79 Å². The van der Waals surface area contributed by atoms with Gasteiger partial charge in [0.15, 0.2) is 0 Å². The number of amides is 2. The summed E-state index contributed by atoms with van der Waals surface area (Å²) >= 11 is 5.02. The lowest BCUT2D eigenvalue weighted by molar-refractivity contribution is 0.247. The largest absolute Gasteiger partial charge is 0.336 e. The van der Waals surface area contributed by atoms with Crippen LogP contribution in [-0.4, -0.2) is 12.6 Å². The zero-order valence-electron chi connectivity index (χ0n) is 6.13. The number of thiophene rings is 1. The SMILES string of the molecule is O=C1NC[C@H](c2cc(Br)cs2)N1. The molecule has 2 rings (SSSR count). The maximum absolute atomic E-state index is 10.8. The van der Waals surface area contributed by atoms with Crippen molar-refractivity contribution in [1.82, 2.24) is 10.6 Å². The Morgan fingerprint density at radius 1 is 1.67 bits per heavy atom. The minimum absolute atomic E-state index is 0.0791. The quantitative estimate of drug-likeness (QED) is 0.781. The number of carbonyl (C=O) groups excluding carboxylic acids is 1. The van der Waals surface area contributed by atoms with Gasteiger partial charge in [0.05, 0.1) is 6.04 Å². The summed E-state index contributed by atoms with van der Waals surface area (Å²) in [6, 6.07) is 2.10. The second kappa shape index (κ2) is 3.06. The Labute approximate surface area is 82.3 Å². The van der Waals surface area contributed by atoms with E-state index in [1.54, 1.807) is 11.3 Å². The first-order valence-corrected chi connectivity index (χ1v) is 5.21. The van der Waals surface area contributed by atoms with Gasteiger partial charge < -0.3 is 10.6 Å². The second-order valence-electron chi connectivity index (χ2n) is 2.57. The van der Waals surface area contributed by atoms with Crippen LogP contribution in [0.2, 0.25) is 0 Å². The fourth-order valence-corrected chi connectivity index (χ4v) is 2.63. The van der Waals surface area contributed by atoms with Crippen molar-refractivity contribution in [3.8, 4) is 0 Å². The number of carbonyl (C=O) groups is 1. The number of halogens is 1. The van der Waals surface area contributed by atoms with Crippen molar-refractivity contribution in [1.29, 1.82) is 0 Å². The second-order valence-corrected chi connectivity index (χ2v) is 4.43. The molecule has 0 unspecified atom stereocenters. The molecule has 64 valence electrons. The normalized spacial score (nSPS) is 22.1. The fourth-order valence-electron chi connectivity index (χ4n) is 1.14. The average Bonchev–Trinajstić information content (AvgIpc) is 2.58. The Bertz CT molecular complexity index is 312. The van der Waals surface area contributed by atoms with Gasteiger partial charge in [-0.3, -0.25) is 0 Å². The summed E-state index contributed by atoms with van der Waals surface area (Å²) in [5, 5.41) is 7.56. The van der Waals surface area contributed by atoms with Crippen LogP contribution in [0.1, 0.15) is 10.9 Å². The first-order valence-electron chi connectivity index (χ1n) is 3.54. The Kier molecular flexibility index (Phi) is 2.06. The highest BCUT2D eigenvalue weighted by molar-refractivity contribution is 9.10. The molecule has 5 heteroatoms. The van der Waals surface area contributed by atoms with Crippen molar-refractivity contribution in [2.45, 2.75) is 6.04 Å². The minimum Gasteiger partial charge on any atom is -0.336 e. The number of hydrogen-bond acceptors (Lipinski definition) is 2. The highest BCUT2D eigenvalue weighted by Gasteiger charge is 2.22. The summed E-state index contributed by atoms with van der Waals surface area (Å²) in [7, 11) is 0. The van der Waals surface area contributed by atoms with Crippen LogP contribution in [0, 0.1) is 0 Å². The summed E-state index contributed by atoms with van der Waals surface area (Å²) < 4.78 is 1.07. The van der Waals surface area contributed by atoms with Gasteiger partial charge in [-0.1, -0.05) is 0 Å². The summed E-state index contributed by atoms with van der Waals surface area (Å²) in [4.78, 5) is 12.0. The minimum atomic E-state index is -0.0791. The molecule has 0 saturated carbocycles. The van der Waals surface area contributed by atoms with Crippen molar-refractivity contribution in [3.63, 3.8) is 0 Å². The fraction of sp³-hybridized carbons (Fsp3) is 0.286. The molecule has 1 fully saturated rings. The third-order valence-electron chi connectivity index (χ3n) is 1.70. The first-order chi connectivity index (χ1) is 5.75. The van der Waals surface area contributed by atoms with E-state index in [0.29, 0.717) is 6.54 Å². The molecule has 0 aromatic carbocycles.